The summed E-state index contributed by atoms with van der Waals surface area (Å²) in [4.78, 5) is 22.3. The van der Waals surface area contributed by atoms with E-state index in [1.54, 1.807) is 0 Å². The lowest BCUT2D eigenvalue weighted by atomic mass is 9.98. The van der Waals surface area contributed by atoms with Gasteiger partial charge in [0.15, 0.2) is 6.10 Å². The lowest BCUT2D eigenvalue weighted by Crippen LogP contribution is -2.36. The number of carboxylic acids is 1. The van der Waals surface area contributed by atoms with Crippen LogP contribution in [-0.4, -0.2) is 33.8 Å². The maximum Gasteiger partial charge on any atom is 0.416 e. The lowest BCUT2D eigenvalue weighted by Gasteiger charge is -2.24. The van der Waals surface area contributed by atoms with E-state index < -0.39 is 52.7 Å². The normalized spacial score (nSPS) is 13.9. The number of hydrogen-bond donors (Lipinski definition) is 3. The van der Waals surface area contributed by atoms with Gasteiger partial charge in [-0.05, 0) is 39.0 Å². The van der Waals surface area contributed by atoms with Crippen molar-refractivity contribution in [3.05, 3.63) is 29.3 Å². The van der Waals surface area contributed by atoms with Gasteiger partial charge in [0, 0.05) is 5.56 Å². The minimum atomic E-state index is -4.95. The Morgan fingerprint density at radius 2 is 1.65 bits per heavy atom. The molecule has 0 saturated heterocycles. The van der Waals surface area contributed by atoms with Crippen LogP contribution in [0, 0.1) is 0 Å². The molecule has 0 aliphatic carbocycles. The average molecular weight is 385 g/mol. The molecule has 0 fully saturated rings. The number of ether oxygens (including phenoxy) is 1. The van der Waals surface area contributed by atoms with Gasteiger partial charge in [0.2, 0.25) is 0 Å². The van der Waals surface area contributed by atoms with Crippen LogP contribution in [0.1, 0.15) is 38.0 Å². The Labute approximate surface area is 144 Å². The van der Waals surface area contributed by atoms with Gasteiger partial charge in [0.1, 0.15) is 5.60 Å². The lowest BCUT2D eigenvalue weighted by molar-refractivity contribution is -0.182. The molecule has 11 heteroatoms. The third kappa shape index (κ3) is 5.28. The van der Waals surface area contributed by atoms with Gasteiger partial charge in [-0.2, -0.15) is 22.0 Å². The van der Waals surface area contributed by atoms with Crippen LogP contribution in [0.5, 0.6) is 0 Å². The molecule has 1 amide bonds. The number of benzene rings is 1. The second-order valence-corrected chi connectivity index (χ2v) is 6.26. The largest absolute Gasteiger partial charge is 0.477 e. The number of halogens is 5. The fourth-order valence-corrected chi connectivity index (χ4v) is 1.80. The van der Waals surface area contributed by atoms with Gasteiger partial charge in [-0.3, -0.25) is 5.32 Å². The smallest absolute Gasteiger partial charge is 0.416 e. The predicted octanol–water partition coefficient (Wildman–Crippen LogP) is 3.81. The second kappa shape index (κ2) is 7.06. The van der Waals surface area contributed by atoms with Gasteiger partial charge in [0.25, 0.3) is 0 Å². The number of carbonyl (C=O) groups excluding carboxylic acids is 1. The van der Waals surface area contributed by atoms with E-state index in [0.717, 1.165) is 0 Å². The standard InChI is InChI=1S/C15H16F5NO5/c1-13(2,3)26-12(25)21-9-5-4-7(15(18,19)20)6-8(9)10(22)14(16,17)11(23)24/h4-6,10,22H,1-3H3,(H,21,25)(H,23,24). The molecular weight excluding hydrogens is 369 g/mol. The Hall–Kier alpha value is -2.43. The summed E-state index contributed by atoms with van der Waals surface area (Å²) in [5.74, 6) is -7.54. The van der Waals surface area contributed by atoms with Crippen molar-refractivity contribution in [3.8, 4) is 0 Å². The van der Waals surface area contributed by atoms with Crippen molar-refractivity contribution >= 4 is 17.7 Å². The summed E-state index contributed by atoms with van der Waals surface area (Å²) in [6.45, 7) is 4.44. The minimum Gasteiger partial charge on any atom is -0.477 e. The summed E-state index contributed by atoms with van der Waals surface area (Å²) in [7, 11) is 0. The van der Waals surface area contributed by atoms with Crippen molar-refractivity contribution in [2.45, 2.75) is 44.6 Å². The van der Waals surface area contributed by atoms with E-state index in [0.29, 0.717) is 12.1 Å². The molecule has 1 rings (SSSR count). The number of aliphatic hydroxyl groups is 1. The molecule has 6 nitrogen and oxygen atoms in total. The van der Waals surface area contributed by atoms with Crippen LogP contribution in [-0.2, 0) is 15.7 Å². The molecule has 1 unspecified atom stereocenters. The monoisotopic (exact) mass is 385 g/mol. The number of aliphatic hydroxyl groups excluding tert-OH is 1. The number of aliphatic carboxylic acids is 1. The van der Waals surface area contributed by atoms with Crippen LogP contribution in [0.3, 0.4) is 0 Å². The van der Waals surface area contributed by atoms with Gasteiger partial charge >= 0.3 is 24.2 Å². The quantitative estimate of drug-likeness (QED) is 0.685. The van der Waals surface area contributed by atoms with Gasteiger partial charge in [-0.1, -0.05) is 0 Å². The van der Waals surface area contributed by atoms with Crippen molar-refractivity contribution in [2.75, 3.05) is 5.32 Å². The number of alkyl halides is 5. The summed E-state index contributed by atoms with van der Waals surface area (Å²) < 4.78 is 70.4. The van der Waals surface area contributed by atoms with Crippen molar-refractivity contribution in [1.29, 1.82) is 0 Å². The first kappa shape index (κ1) is 21.6. The average Bonchev–Trinajstić information content (AvgIpc) is 2.43. The fraction of sp³-hybridized carbons (Fsp3) is 0.467. The van der Waals surface area contributed by atoms with E-state index in [-0.39, 0.29) is 6.07 Å². The number of nitrogens with one attached hydrogen (secondary N) is 1. The summed E-state index contributed by atoms with van der Waals surface area (Å²) in [6, 6.07) is 1.22. The van der Waals surface area contributed by atoms with E-state index in [9.17, 15) is 36.6 Å². The van der Waals surface area contributed by atoms with Crippen LogP contribution in [0.4, 0.5) is 32.4 Å². The first-order chi connectivity index (χ1) is 11.6. The SMILES string of the molecule is CC(C)(C)OC(=O)Nc1ccc(C(F)(F)F)cc1C(O)C(F)(F)C(=O)O. The highest BCUT2D eigenvalue weighted by Gasteiger charge is 2.49. The molecule has 3 N–H and O–H groups in total. The minimum absolute atomic E-state index is 0.133. The first-order valence-corrected chi connectivity index (χ1v) is 7.06. The van der Waals surface area contributed by atoms with Crippen LogP contribution in [0.25, 0.3) is 0 Å². The van der Waals surface area contributed by atoms with E-state index in [4.69, 9.17) is 9.84 Å². The first-order valence-electron chi connectivity index (χ1n) is 7.06. The molecule has 0 saturated carbocycles. The molecule has 1 atom stereocenters. The maximum absolute atomic E-state index is 13.6. The summed E-state index contributed by atoms with van der Waals surface area (Å²) in [5.41, 5.74) is -4.19. The topological polar surface area (TPSA) is 95.9 Å². The number of carboxylic acid groups (broad SMARTS) is 1. The third-order valence-electron chi connectivity index (χ3n) is 2.94. The predicted molar refractivity (Wildman–Crippen MR) is 78.8 cm³/mol. The summed E-state index contributed by atoms with van der Waals surface area (Å²) >= 11 is 0. The van der Waals surface area contributed by atoms with Crippen LogP contribution < -0.4 is 5.32 Å². The molecule has 0 aliphatic rings. The zero-order valence-corrected chi connectivity index (χ0v) is 13.8. The Morgan fingerprint density at radius 1 is 1.12 bits per heavy atom. The van der Waals surface area contributed by atoms with Gasteiger partial charge in [0.05, 0.1) is 11.3 Å². The summed E-state index contributed by atoms with van der Waals surface area (Å²) in [5, 5.41) is 20.1. The third-order valence-corrected chi connectivity index (χ3v) is 2.94. The van der Waals surface area contributed by atoms with E-state index in [1.807, 2.05) is 5.32 Å². The molecule has 26 heavy (non-hydrogen) atoms. The highest BCUT2D eigenvalue weighted by molar-refractivity contribution is 5.86. The molecule has 1 aromatic carbocycles. The van der Waals surface area contributed by atoms with Crippen molar-refractivity contribution < 1.29 is 46.5 Å². The number of hydrogen-bond acceptors (Lipinski definition) is 4. The van der Waals surface area contributed by atoms with Crippen molar-refractivity contribution in [2.24, 2.45) is 0 Å². The molecule has 0 bridgehead atoms. The molecular formula is C15H16F5NO5. The molecule has 0 aliphatic heterocycles. The molecule has 0 heterocycles. The number of amides is 1. The Bertz CT molecular complexity index is 697. The Balaban J connectivity index is 3.38. The zero-order chi connectivity index (χ0) is 20.5. The maximum atomic E-state index is 13.6. The fourth-order valence-electron chi connectivity index (χ4n) is 1.80. The van der Waals surface area contributed by atoms with Crippen molar-refractivity contribution in [1.82, 2.24) is 0 Å². The number of carbonyl (C=O) groups is 2. The Morgan fingerprint density at radius 3 is 2.08 bits per heavy atom. The molecule has 1 aromatic rings. The van der Waals surface area contributed by atoms with Gasteiger partial charge < -0.3 is 14.9 Å². The zero-order valence-electron chi connectivity index (χ0n) is 13.8. The molecule has 146 valence electrons. The van der Waals surface area contributed by atoms with Gasteiger partial charge in [-0.25, -0.2) is 9.59 Å². The summed E-state index contributed by atoms with van der Waals surface area (Å²) in [6.07, 6.45) is -9.28. The van der Waals surface area contributed by atoms with E-state index >= 15 is 0 Å². The number of anilines is 1. The molecule has 0 aromatic heterocycles. The van der Waals surface area contributed by atoms with Crippen LogP contribution in [0.2, 0.25) is 0 Å². The van der Waals surface area contributed by atoms with Crippen molar-refractivity contribution in [3.63, 3.8) is 0 Å². The van der Waals surface area contributed by atoms with Crippen LogP contribution in [0.15, 0.2) is 18.2 Å². The second-order valence-electron chi connectivity index (χ2n) is 6.26. The molecule has 0 spiro atoms. The number of rotatable bonds is 4. The van der Waals surface area contributed by atoms with E-state index in [1.165, 1.54) is 20.8 Å². The van der Waals surface area contributed by atoms with Crippen LogP contribution >= 0.6 is 0 Å². The highest BCUT2D eigenvalue weighted by atomic mass is 19.4. The van der Waals surface area contributed by atoms with Gasteiger partial charge in [-0.15, -0.1) is 0 Å². The Kier molecular flexibility index (Phi) is 5.87. The molecule has 0 radical (unpaired) electrons. The van der Waals surface area contributed by atoms with E-state index in [2.05, 4.69) is 0 Å². The highest BCUT2D eigenvalue weighted by Crippen LogP contribution is 2.39.